The maximum absolute atomic E-state index is 11.9. The Morgan fingerprint density at radius 3 is 2.91 bits per heavy atom. The number of carbonyl (C=O) groups is 1. The van der Waals surface area contributed by atoms with Crippen molar-refractivity contribution in [2.45, 2.75) is 43.8 Å². The summed E-state index contributed by atoms with van der Waals surface area (Å²) in [7, 11) is 1.54. The van der Waals surface area contributed by atoms with Gasteiger partial charge in [-0.25, -0.2) is 0 Å². The third kappa shape index (κ3) is 2.63. The van der Waals surface area contributed by atoms with E-state index in [0.717, 1.165) is 38.1 Å². The monoisotopic (exact) mass is 307 g/mol. The summed E-state index contributed by atoms with van der Waals surface area (Å²) in [5, 5.41) is 8.29. The van der Waals surface area contributed by atoms with E-state index in [9.17, 15) is 4.79 Å². The van der Waals surface area contributed by atoms with E-state index in [1.54, 1.807) is 7.11 Å². The lowest BCUT2D eigenvalue weighted by Crippen LogP contribution is -2.46. The van der Waals surface area contributed by atoms with Gasteiger partial charge in [-0.2, -0.15) is 0 Å². The fourth-order valence-electron chi connectivity index (χ4n) is 3.40. The van der Waals surface area contributed by atoms with Crippen molar-refractivity contribution in [1.29, 1.82) is 0 Å². The molecule has 7 nitrogen and oxygen atoms in total. The standard InChI is InChI=1S/C15H21N3O4/c1-20-8-13(19)18-5-4-10-6-11(21-12(10)7-18)15-17-16-14(22-15)9-2-3-9/h9-12H,2-8H2,1H3/t10-,11+,12+/m1/s1. The molecular weight excluding hydrogens is 286 g/mol. The highest BCUT2D eigenvalue weighted by atomic mass is 16.5. The zero-order valence-electron chi connectivity index (χ0n) is 12.7. The minimum atomic E-state index is -0.118. The number of amides is 1. The molecule has 1 amide bonds. The molecule has 0 spiro atoms. The molecule has 1 aromatic heterocycles. The number of rotatable bonds is 4. The summed E-state index contributed by atoms with van der Waals surface area (Å²) < 4.78 is 16.8. The molecule has 120 valence electrons. The SMILES string of the molecule is COCC(=O)N1CC[C@@H]2C[C@@H](c3nnc(C4CC4)o3)O[C@H]2C1. The number of likely N-dealkylation sites (tertiary alicyclic amines) is 1. The van der Waals surface area contributed by atoms with E-state index in [1.165, 1.54) is 0 Å². The molecule has 1 aliphatic carbocycles. The quantitative estimate of drug-likeness (QED) is 0.833. The van der Waals surface area contributed by atoms with Crippen molar-refractivity contribution in [3.8, 4) is 0 Å². The van der Waals surface area contributed by atoms with Crippen molar-refractivity contribution in [2.24, 2.45) is 5.92 Å². The molecular formula is C15H21N3O4. The van der Waals surface area contributed by atoms with Gasteiger partial charge >= 0.3 is 0 Å². The van der Waals surface area contributed by atoms with Crippen LogP contribution >= 0.6 is 0 Å². The summed E-state index contributed by atoms with van der Waals surface area (Å²) >= 11 is 0. The summed E-state index contributed by atoms with van der Waals surface area (Å²) in [6.45, 7) is 1.54. The van der Waals surface area contributed by atoms with E-state index >= 15 is 0 Å². The van der Waals surface area contributed by atoms with Gasteiger partial charge in [-0.1, -0.05) is 0 Å². The molecule has 3 aliphatic rings. The molecule has 4 rings (SSSR count). The Morgan fingerprint density at radius 2 is 2.14 bits per heavy atom. The Kier molecular flexibility index (Phi) is 3.62. The largest absolute Gasteiger partial charge is 0.422 e. The first-order valence-electron chi connectivity index (χ1n) is 8.00. The number of methoxy groups -OCH3 is 1. The van der Waals surface area contributed by atoms with Crippen LogP contribution in [0.2, 0.25) is 0 Å². The first kappa shape index (κ1) is 14.1. The van der Waals surface area contributed by atoms with Crippen LogP contribution in [-0.2, 0) is 14.3 Å². The van der Waals surface area contributed by atoms with Crippen molar-refractivity contribution >= 4 is 5.91 Å². The Balaban J connectivity index is 1.39. The van der Waals surface area contributed by atoms with Gasteiger partial charge in [-0.15, -0.1) is 10.2 Å². The summed E-state index contributed by atoms with van der Waals surface area (Å²) in [5.41, 5.74) is 0. The lowest BCUT2D eigenvalue weighted by atomic mass is 9.92. The van der Waals surface area contributed by atoms with Crippen LogP contribution in [0.3, 0.4) is 0 Å². The molecule has 0 radical (unpaired) electrons. The molecule has 3 heterocycles. The summed E-state index contributed by atoms with van der Waals surface area (Å²) in [6.07, 6.45) is 4.11. The average Bonchev–Trinajstić information content (AvgIpc) is 3.11. The fraction of sp³-hybridized carbons (Fsp3) is 0.800. The number of fused-ring (bicyclic) bond motifs is 1. The number of hydrogen-bond donors (Lipinski definition) is 0. The third-order valence-electron chi connectivity index (χ3n) is 4.83. The van der Waals surface area contributed by atoms with E-state index in [1.807, 2.05) is 4.90 Å². The molecule has 22 heavy (non-hydrogen) atoms. The summed E-state index contributed by atoms with van der Waals surface area (Å²) in [5.74, 6) is 2.32. The molecule has 7 heteroatoms. The minimum absolute atomic E-state index is 0.0295. The molecule has 0 N–H and O–H groups in total. The van der Waals surface area contributed by atoms with Crippen molar-refractivity contribution in [3.63, 3.8) is 0 Å². The molecule has 1 aromatic rings. The van der Waals surface area contributed by atoms with Gasteiger partial charge in [0.25, 0.3) is 0 Å². The highest BCUT2D eigenvalue weighted by Gasteiger charge is 2.43. The third-order valence-corrected chi connectivity index (χ3v) is 4.83. The van der Waals surface area contributed by atoms with Gasteiger partial charge in [0, 0.05) is 26.1 Å². The number of aromatic nitrogens is 2. The molecule has 2 saturated heterocycles. The first-order chi connectivity index (χ1) is 10.7. The zero-order chi connectivity index (χ0) is 15.1. The molecule has 0 bridgehead atoms. The van der Waals surface area contributed by atoms with Gasteiger partial charge in [0.05, 0.1) is 6.10 Å². The van der Waals surface area contributed by atoms with E-state index in [-0.39, 0.29) is 24.7 Å². The summed E-state index contributed by atoms with van der Waals surface area (Å²) in [4.78, 5) is 13.8. The second-order valence-electron chi connectivity index (χ2n) is 6.47. The van der Waals surface area contributed by atoms with Crippen LogP contribution in [0, 0.1) is 5.92 Å². The lowest BCUT2D eigenvalue weighted by molar-refractivity contribution is -0.139. The van der Waals surface area contributed by atoms with E-state index in [4.69, 9.17) is 13.9 Å². The van der Waals surface area contributed by atoms with Crippen molar-refractivity contribution in [1.82, 2.24) is 15.1 Å². The predicted octanol–water partition coefficient (Wildman–Crippen LogP) is 1.27. The molecule has 3 fully saturated rings. The Morgan fingerprint density at radius 1 is 1.32 bits per heavy atom. The van der Waals surface area contributed by atoms with E-state index in [0.29, 0.717) is 24.3 Å². The number of ether oxygens (including phenoxy) is 2. The lowest BCUT2D eigenvalue weighted by Gasteiger charge is -2.33. The number of carbonyl (C=O) groups excluding carboxylic acids is 1. The second kappa shape index (κ2) is 5.62. The van der Waals surface area contributed by atoms with Crippen LogP contribution in [0.15, 0.2) is 4.42 Å². The number of hydrogen-bond acceptors (Lipinski definition) is 6. The van der Waals surface area contributed by atoms with Crippen LogP contribution < -0.4 is 0 Å². The Labute approximate surface area is 129 Å². The normalized spacial score (nSPS) is 31.3. The van der Waals surface area contributed by atoms with Crippen LogP contribution in [-0.4, -0.2) is 53.9 Å². The molecule has 3 atom stereocenters. The predicted molar refractivity (Wildman–Crippen MR) is 75.1 cm³/mol. The maximum Gasteiger partial charge on any atom is 0.248 e. The van der Waals surface area contributed by atoms with Crippen LogP contribution in [0.5, 0.6) is 0 Å². The number of piperidine rings is 1. The molecule has 0 unspecified atom stereocenters. The van der Waals surface area contributed by atoms with E-state index < -0.39 is 0 Å². The van der Waals surface area contributed by atoms with E-state index in [2.05, 4.69) is 10.2 Å². The second-order valence-corrected chi connectivity index (χ2v) is 6.47. The van der Waals surface area contributed by atoms with Crippen molar-refractivity contribution in [2.75, 3.05) is 26.8 Å². The van der Waals surface area contributed by atoms with Crippen LogP contribution in [0.25, 0.3) is 0 Å². The molecule has 2 aliphatic heterocycles. The van der Waals surface area contributed by atoms with Gasteiger partial charge in [-0.3, -0.25) is 4.79 Å². The highest BCUT2D eigenvalue weighted by Crippen LogP contribution is 2.43. The van der Waals surface area contributed by atoms with Gasteiger partial charge in [-0.05, 0) is 31.6 Å². The zero-order valence-corrected chi connectivity index (χ0v) is 12.7. The van der Waals surface area contributed by atoms with Gasteiger partial charge in [0.15, 0.2) is 0 Å². The Hall–Kier alpha value is -1.47. The minimum Gasteiger partial charge on any atom is -0.422 e. The smallest absolute Gasteiger partial charge is 0.248 e. The summed E-state index contributed by atoms with van der Waals surface area (Å²) in [6, 6.07) is 0. The van der Waals surface area contributed by atoms with Gasteiger partial charge in [0.2, 0.25) is 17.7 Å². The Bertz CT molecular complexity index is 557. The fourth-order valence-corrected chi connectivity index (χ4v) is 3.40. The van der Waals surface area contributed by atoms with Gasteiger partial charge < -0.3 is 18.8 Å². The first-order valence-corrected chi connectivity index (χ1v) is 8.00. The maximum atomic E-state index is 11.9. The number of nitrogens with zero attached hydrogens (tertiary/aromatic N) is 3. The molecule has 0 aromatic carbocycles. The molecule has 1 saturated carbocycles. The van der Waals surface area contributed by atoms with Crippen LogP contribution in [0.4, 0.5) is 0 Å². The van der Waals surface area contributed by atoms with Crippen molar-refractivity contribution in [3.05, 3.63) is 11.8 Å². The van der Waals surface area contributed by atoms with Crippen molar-refractivity contribution < 1.29 is 18.7 Å². The van der Waals surface area contributed by atoms with Gasteiger partial charge in [0.1, 0.15) is 12.7 Å². The van der Waals surface area contributed by atoms with Crippen LogP contribution in [0.1, 0.15) is 49.5 Å². The average molecular weight is 307 g/mol. The highest BCUT2D eigenvalue weighted by molar-refractivity contribution is 5.77. The topological polar surface area (TPSA) is 77.7 Å².